The summed E-state index contributed by atoms with van der Waals surface area (Å²) < 4.78 is 17.5. The molecule has 1 atom stereocenters. The summed E-state index contributed by atoms with van der Waals surface area (Å²) in [5.41, 5.74) is 0.956. The van der Waals surface area contributed by atoms with Crippen LogP contribution < -0.4 is 14.4 Å². The van der Waals surface area contributed by atoms with E-state index in [1.807, 2.05) is 6.07 Å². The number of ketones is 1. The summed E-state index contributed by atoms with van der Waals surface area (Å²) >= 11 is 1.25. The van der Waals surface area contributed by atoms with E-state index < -0.39 is 17.7 Å². The quantitative estimate of drug-likeness (QED) is 0.142. The van der Waals surface area contributed by atoms with Gasteiger partial charge >= 0.3 is 5.91 Å². The Hall–Kier alpha value is -4.11. The Morgan fingerprint density at radius 1 is 1.14 bits per heavy atom. The van der Waals surface area contributed by atoms with Gasteiger partial charge in [0.15, 0.2) is 5.13 Å². The van der Waals surface area contributed by atoms with Gasteiger partial charge in [0, 0.05) is 5.56 Å². The molecular weight excluding hydrogens is 480 g/mol. The van der Waals surface area contributed by atoms with Gasteiger partial charge in [-0.2, -0.15) is 0 Å². The number of aliphatic hydroxyl groups is 1. The van der Waals surface area contributed by atoms with Crippen LogP contribution in [0.2, 0.25) is 0 Å². The number of methoxy groups -OCH3 is 1. The lowest BCUT2D eigenvalue weighted by molar-refractivity contribution is -0.132. The number of hydrogen-bond acceptors (Lipinski definition) is 8. The second kappa shape index (κ2) is 9.87. The van der Waals surface area contributed by atoms with Crippen LogP contribution in [0.4, 0.5) is 5.13 Å². The molecule has 4 aromatic rings. The number of rotatable bonds is 8. The van der Waals surface area contributed by atoms with Crippen LogP contribution in [-0.2, 0) is 9.59 Å². The number of fused-ring (bicyclic) bond motifs is 1. The lowest BCUT2D eigenvalue weighted by atomic mass is 9.99. The van der Waals surface area contributed by atoms with Gasteiger partial charge in [-0.15, -0.1) is 0 Å². The third kappa shape index (κ3) is 4.22. The molecule has 1 amide bonds. The molecule has 1 N–H and O–H groups in total. The minimum absolute atomic E-state index is 0.0718. The predicted molar refractivity (Wildman–Crippen MR) is 137 cm³/mol. The second-order valence-corrected chi connectivity index (χ2v) is 9.25. The number of unbranched alkanes of at least 4 members (excludes halogenated alkanes) is 1. The maximum atomic E-state index is 13.3. The molecule has 1 unspecified atom stereocenters. The number of Topliss-reactive ketones (excluding diaryl/α,β-unsaturated/α-hetero) is 1. The molecule has 2 aromatic carbocycles. The Kier molecular flexibility index (Phi) is 6.47. The number of hydrogen-bond donors (Lipinski definition) is 1. The van der Waals surface area contributed by atoms with Crippen LogP contribution in [0.5, 0.6) is 11.5 Å². The number of anilines is 1. The van der Waals surface area contributed by atoms with Crippen molar-refractivity contribution in [3.8, 4) is 11.5 Å². The van der Waals surface area contributed by atoms with Gasteiger partial charge in [0.05, 0.1) is 35.8 Å². The van der Waals surface area contributed by atoms with E-state index in [1.165, 1.54) is 22.5 Å². The summed E-state index contributed by atoms with van der Waals surface area (Å²) in [5.74, 6) is -0.356. The number of carbonyl (C=O) groups is 2. The van der Waals surface area contributed by atoms with Gasteiger partial charge in [-0.05, 0) is 48.9 Å². The van der Waals surface area contributed by atoms with E-state index in [0.29, 0.717) is 40.1 Å². The fourth-order valence-electron chi connectivity index (χ4n) is 4.09. The largest absolute Gasteiger partial charge is 0.507 e. The molecule has 1 aliphatic rings. The highest BCUT2D eigenvalue weighted by Crippen LogP contribution is 2.44. The molecule has 184 valence electrons. The maximum Gasteiger partial charge on any atom is 0.302 e. The van der Waals surface area contributed by atoms with Crippen LogP contribution in [0, 0.1) is 0 Å². The van der Waals surface area contributed by atoms with E-state index in [-0.39, 0.29) is 11.3 Å². The van der Waals surface area contributed by atoms with Gasteiger partial charge in [0.1, 0.15) is 29.1 Å². The van der Waals surface area contributed by atoms with Crippen LogP contribution in [0.1, 0.15) is 37.1 Å². The van der Waals surface area contributed by atoms with Crippen molar-refractivity contribution < 1.29 is 28.6 Å². The SMILES string of the molecule is CCCCOc1cccc(/C(O)=C2\C(=O)C(=O)N(c3nc4ccc(OC)cc4s3)C2c2ccco2)c1. The molecule has 2 aromatic heterocycles. The van der Waals surface area contributed by atoms with E-state index in [9.17, 15) is 14.7 Å². The van der Waals surface area contributed by atoms with Crippen LogP contribution in [0.15, 0.2) is 70.9 Å². The summed E-state index contributed by atoms with van der Waals surface area (Å²) in [7, 11) is 1.57. The minimum Gasteiger partial charge on any atom is -0.507 e. The monoisotopic (exact) mass is 504 g/mol. The number of benzene rings is 2. The first-order valence-electron chi connectivity index (χ1n) is 11.5. The molecule has 3 heterocycles. The molecule has 0 radical (unpaired) electrons. The van der Waals surface area contributed by atoms with Crippen molar-refractivity contribution in [2.75, 3.05) is 18.6 Å². The molecule has 5 rings (SSSR count). The van der Waals surface area contributed by atoms with E-state index in [0.717, 1.165) is 17.5 Å². The van der Waals surface area contributed by atoms with Gasteiger partial charge in [0.2, 0.25) is 0 Å². The van der Waals surface area contributed by atoms with E-state index in [4.69, 9.17) is 13.9 Å². The maximum absolute atomic E-state index is 13.3. The fourth-order valence-corrected chi connectivity index (χ4v) is 5.11. The first-order valence-corrected chi connectivity index (χ1v) is 12.4. The summed E-state index contributed by atoms with van der Waals surface area (Å²) in [6, 6.07) is 14.6. The zero-order valence-electron chi connectivity index (χ0n) is 19.8. The van der Waals surface area contributed by atoms with Crippen molar-refractivity contribution in [2.24, 2.45) is 0 Å². The predicted octanol–water partition coefficient (Wildman–Crippen LogP) is 5.70. The van der Waals surface area contributed by atoms with Crippen molar-refractivity contribution in [2.45, 2.75) is 25.8 Å². The lowest BCUT2D eigenvalue weighted by Crippen LogP contribution is -2.29. The van der Waals surface area contributed by atoms with Crippen LogP contribution in [0.25, 0.3) is 16.0 Å². The summed E-state index contributed by atoms with van der Waals surface area (Å²) in [6.45, 7) is 2.61. The third-order valence-corrected chi connectivity index (χ3v) is 6.94. The average molecular weight is 505 g/mol. The van der Waals surface area contributed by atoms with Crippen molar-refractivity contribution >= 4 is 44.1 Å². The van der Waals surface area contributed by atoms with E-state index >= 15 is 0 Å². The summed E-state index contributed by atoms with van der Waals surface area (Å²) in [6.07, 6.45) is 3.35. The fraction of sp³-hybridized carbons (Fsp3) is 0.222. The Balaban J connectivity index is 1.61. The zero-order chi connectivity index (χ0) is 25.2. The van der Waals surface area contributed by atoms with Gasteiger partial charge < -0.3 is 19.0 Å². The van der Waals surface area contributed by atoms with Crippen molar-refractivity contribution in [3.05, 3.63) is 77.8 Å². The van der Waals surface area contributed by atoms with Crippen molar-refractivity contribution in [1.82, 2.24) is 4.98 Å². The smallest absolute Gasteiger partial charge is 0.302 e. The van der Waals surface area contributed by atoms with Crippen LogP contribution in [0.3, 0.4) is 0 Å². The molecule has 0 aliphatic carbocycles. The molecule has 1 saturated heterocycles. The molecule has 0 saturated carbocycles. The molecule has 8 nitrogen and oxygen atoms in total. The highest BCUT2D eigenvalue weighted by Gasteiger charge is 2.49. The Morgan fingerprint density at radius 3 is 2.75 bits per heavy atom. The Labute approximate surface area is 211 Å². The number of thiazole rings is 1. The normalized spacial score (nSPS) is 17.2. The topological polar surface area (TPSA) is 102 Å². The molecule has 0 bridgehead atoms. The van der Waals surface area contributed by atoms with Gasteiger partial charge in [-0.25, -0.2) is 4.98 Å². The minimum atomic E-state index is -0.980. The number of carbonyl (C=O) groups excluding carboxylic acids is 2. The van der Waals surface area contributed by atoms with Crippen molar-refractivity contribution in [1.29, 1.82) is 0 Å². The lowest BCUT2D eigenvalue weighted by Gasteiger charge is -2.20. The van der Waals surface area contributed by atoms with Crippen LogP contribution >= 0.6 is 11.3 Å². The number of aromatic nitrogens is 1. The number of furan rings is 1. The highest BCUT2D eigenvalue weighted by molar-refractivity contribution is 7.22. The van der Waals surface area contributed by atoms with E-state index in [2.05, 4.69) is 11.9 Å². The summed E-state index contributed by atoms with van der Waals surface area (Å²) in [5, 5.41) is 11.6. The van der Waals surface area contributed by atoms with Gasteiger partial charge in [-0.3, -0.25) is 14.5 Å². The second-order valence-electron chi connectivity index (χ2n) is 8.24. The standard InChI is InChI=1S/C27H24N2O6S/c1-3-4-12-34-18-8-5-7-16(14-18)24(30)22-23(20-9-6-13-35-20)29(26(32)25(22)31)27-28-19-11-10-17(33-2)15-21(19)36-27/h5-11,13-15,23,30H,3-4,12H2,1-2H3/b24-22+. The van der Waals surface area contributed by atoms with Crippen LogP contribution in [-0.4, -0.2) is 35.5 Å². The number of nitrogens with zero attached hydrogens (tertiary/aromatic N) is 2. The highest BCUT2D eigenvalue weighted by atomic mass is 32.1. The number of ether oxygens (including phenoxy) is 2. The first kappa shape index (κ1) is 23.6. The molecular formula is C27H24N2O6S. The zero-order valence-corrected chi connectivity index (χ0v) is 20.6. The Bertz CT molecular complexity index is 1460. The first-order chi connectivity index (χ1) is 17.5. The molecule has 9 heteroatoms. The molecule has 1 fully saturated rings. The molecule has 36 heavy (non-hydrogen) atoms. The molecule has 0 spiro atoms. The average Bonchev–Trinajstić information content (AvgIpc) is 3.62. The van der Waals surface area contributed by atoms with Gasteiger partial charge in [0.25, 0.3) is 5.78 Å². The molecule has 1 aliphatic heterocycles. The van der Waals surface area contributed by atoms with E-state index in [1.54, 1.807) is 55.6 Å². The number of aliphatic hydroxyl groups excluding tert-OH is 1. The third-order valence-electron chi connectivity index (χ3n) is 5.92. The summed E-state index contributed by atoms with van der Waals surface area (Å²) in [4.78, 5) is 32.5. The number of amides is 1. The Morgan fingerprint density at radius 2 is 2.00 bits per heavy atom. The van der Waals surface area contributed by atoms with Crippen molar-refractivity contribution in [3.63, 3.8) is 0 Å². The van der Waals surface area contributed by atoms with Gasteiger partial charge in [-0.1, -0.05) is 36.8 Å².